The Morgan fingerprint density at radius 3 is 2.44 bits per heavy atom. The van der Waals surface area contributed by atoms with Crippen molar-refractivity contribution in [1.82, 2.24) is 5.32 Å². The smallest absolute Gasteiger partial charge is 0.419 e. The van der Waals surface area contributed by atoms with Crippen LogP contribution >= 0.6 is 0 Å². The number of hydrogen-bond donors (Lipinski definition) is 1. The first-order chi connectivity index (χ1) is 7.48. The van der Waals surface area contributed by atoms with E-state index in [0.29, 0.717) is 19.2 Å². The number of nitrogens with one attached hydrogen (secondary N) is 1. The molecule has 0 unspecified atom stereocenters. The number of hydrogen-bond acceptors (Lipinski definition) is 2. The molecule has 1 saturated heterocycles. The third-order valence-corrected chi connectivity index (χ3v) is 2.31. The van der Waals surface area contributed by atoms with Gasteiger partial charge in [0.1, 0.15) is 6.10 Å². The van der Waals surface area contributed by atoms with Crippen molar-refractivity contribution in [3.8, 4) is 5.75 Å². The minimum atomic E-state index is -4.69. The second-order valence-electron chi connectivity index (χ2n) is 3.51. The number of halogens is 4. The van der Waals surface area contributed by atoms with E-state index in [-0.39, 0.29) is 11.9 Å². The lowest BCUT2D eigenvalue weighted by molar-refractivity contribution is -0.140. The zero-order chi connectivity index (χ0) is 11.8. The average Bonchev–Trinajstić information content (AvgIpc) is 2.11. The van der Waals surface area contributed by atoms with Crippen molar-refractivity contribution in [2.45, 2.75) is 12.3 Å². The first-order valence-electron chi connectivity index (χ1n) is 4.71. The Hall–Kier alpha value is -1.30. The topological polar surface area (TPSA) is 21.3 Å². The molecule has 1 heterocycles. The van der Waals surface area contributed by atoms with Gasteiger partial charge in [-0.1, -0.05) is 6.07 Å². The predicted octanol–water partition coefficient (Wildman–Crippen LogP) is 2.20. The summed E-state index contributed by atoms with van der Waals surface area (Å²) in [5.74, 6) is -1.69. The molecular formula is C10H9F4NO. The SMILES string of the molecule is Fc1c(OC2CNC2)cccc1C(F)(F)F. The van der Waals surface area contributed by atoms with E-state index >= 15 is 0 Å². The first kappa shape index (κ1) is 11.2. The number of rotatable bonds is 2. The largest absolute Gasteiger partial charge is 0.485 e. The molecule has 0 bridgehead atoms. The zero-order valence-corrected chi connectivity index (χ0v) is 8.14. The summed E-state index contributed by atoms with van der Waals surface area (Å²) >= 11 is 0. The second-order valence-corrected chi connectivity index (χ2v) is 3.51. The van der Waals surface area contributed by atoms with Crippen LogP contribution in [0, 0.1) is 5.82 Å². The quantitative estimate of drug-likeness (QED) is 0.793. The van der Waals surface area contributed by atoms with Gasteiger partial charge in [-0.15, -0.1) is 0 Å². The van der Waals surface area contributed by atoms with Gasteiger partial charge in [-0.25, -0.2) is 4.39 Å². The van der Waals surface area contributed by atoms with Gasteiger partial charge >= 0.3 is 6.18 Å². The minimum absolute atomic E-state index is 0.252. The Balaban J connectivity index is 2.25. The van der Waals surface area contributed by atoms with Gasteiger partial charge < -0.3 is 10.1 Å². The number of ether oxygens (including phenoxy) is 1. The summed E-state index contributed by atoms with van der Waals surface area (Å²) in [4.78, 5) is 0. The van der Waals surface area contributed by atoms with Gasteiger partial charge in [-0.05, 0) is 12.1 Å². The molecule has 2 rings (SSSR count). The van der Waals surface area contributed by atoms with E-state index in [9.17, 15) is 17.6 Å². The van der Waals surface area contributed by atoms with Crippen LogP contribution in [0.4, 0.5) is 17.6 Å². The maximum Gasteiger partial charge on any atom is 0.419 e. The Labute approximate surface area is 89.2 Å². The maximum absolute atomic E-state index is 13.4. The molecule has 1 aliphatic rings. The van der Waals surface area contributed by atoms with Gasteiger partial charge in [-0.3, -0.25) is 0 Å². The normalized spacial score (nSPS) is 17.0. The van der Waals surface area contributed by atoms with Crippen molar-refractivity contribution < 1.29 is 22.3 Å². The van der Waals surface area contributed by atoms with Crippen LogP contribution in [0.2, 0.25) is 0 Å². The standard InChI is InChI=1S/C10H9F4NO/c11-9-7(10(12,13)14)2-1-3-8(9)16-6-4-15-5-6/h1-3,6,15H,4-5H2. The van der Waals surface area contributed by atoms with E-state index < -0.39 is 17.6 Å². The van der Waals surface area contributed by atoms with Gasteiger partial charge in [-0.2, -0.15) is 13.2 Å². The molecule has 0 aromatic heterocycles. The molecule has 1 fully saturated rings. The summed E-state index contributed by atoms with van der Waals surface area (Å²) in [6, 6.07) is 3.03. The summed E-state index contributed by atoms with van der Waals surface area (Å²) in [5.41, 5.74) is -1.29. The molecule has 2 nitrogen and oxygen atoms in total. The molecule has 0 saturated carbocycles. The molecule has 16 heavy (non-hydrogen) atoms. The van der Waals surface area contributed by atoms with E-state index in [4.69, 9.17) is 4.74 Å². The summed E-state index contributed by atoms with van der Waals surface area (Å²) in [6.45, 7) is 1.05. The molecule has 88 valence electrons. The third-order valence-electron chi connectivity index (χ3n) is 2.31. The highest BCUT2D eigenvalue weighted by atomic mass is 19.4. The second kappa shape index (κ2) is 3.93. The van der Waals surface area contributed by atoms with Gasteiger partial charge in [0.25, 0.3) is 0 Å². The van der Waals surface area contributed by atoms with Crippen molar-refractivity contribution in [2.75, 3.05) is 13.1 Å². The van der Waals surface area contributed by atoms with Crippen LogP contribution < -0.4 is 10.1 Å². The molecular weight excluding hydrogens is 226 g/mol. The van der Waals surface area contributed by atoms with E-state index in [1.54, 1.807) is 0 Å². The summed E-state index contributed by atoms with van der Waals surface area (Å²) in [6.07, 6.45) is -4.95. The monoisotopic (exact) mass is 235 g/mol. The molecule has 1 aromatic carbocycles. The van der Waals surface area contributed by atoms with Crippen molar-refractivity contribution in [1.29, 1.82) is 0 Å². The van der Waals surface area contributed by atoms with Crippen LogP contribution in [0.25, 0.3) is 0 Å². The maximum atomic E-state index is 13.4. The highest BCUT2D eigenvalue weighted by molar-refractivity contribution is 5.33. The summed E-state index contributed by atoms with van der Waals surface area (Å²) in [5, 5.41) is 2.88. The van der Waals surface area contributed by atoms with Crippen LogP contribution in [0.5, 0.6) is 5.75 Å². The molecule has 0 spiro atoms. The third kappa shape index (κ3) is 2.11. The molecule has 0 atom stereocenters. The molecule has 0 aliphatic carbocycles. The van der Waals surface area contributed by atoms with E-state index in [0.717, 1.165) is 6.07 Å². The van der Waals surface area contributed by atoms with Gasteiger partial charge in [0, 0.05) is 13.1 Å². The van der Waals surface area contributed by atoms with Gasteiger partial charge in [0.05, 0.1) is 5.56 Å². The lowest BCUT2D eigenvalue weighted by atomic mass is 10.2. The van der Waals surface area contributed by atoms with Crippen molar-refractivity contribution in [2.24, 2.45) is 0 Å². The van der Waals surface area contributed by atoms with E-state index in [1.165, 1.54) is 6.07 Å². The Morgan fingerprint density at radius 2 is 1.94 bits per heavy atom. The lowest BCUT2D eigenvalue weighted by Crippen LogP contribution is -2.50. The summed E-state index contributed by atoms with van der Waals surface area (Å²) < 4.78 is 55.6. The highest BCUT2D eigenvalue weighted by Gasteiger charge is 2.35. The lowest BCUT2D eigenvalue weighted by Gasteiger charge is -2.28. The molecule has 1 N–H and O–H groups in total. The van der Waals surface area contributed by atoms with Gasteiger partial charge in [0.2, 0.25) is 0 Å². The fourth-order valence-corrected chi connectivity index (χ4v) is 1.35. The number of benzene rings is 1. The van der Waals surface area contributed by atoms with Crippen LogP contribution in [-0.4, -0.2) is 19.2 Å². The molecule has 0 amide bonds. The van der Waals surface area contributed by atoms with Crippen LogP contribution in [-0.2, 0) is 6.18 Å². The highest BCUT2D eigenvalue weighted by Crippen LogP contribution is 2.35. The Morgan fingerprint density at radius 1 is 1.25 bits per heavy atom. The van der Waals surface area contributed by atoms with Crippen molar-refractivity contribution in [3.63, 3.8) is 0 Å². The van der Waals surface area contributed by atoms with Crippen LogP contribution in [0.3, 0.4) is 0 Å². The van der Waals surface area contributed by atoms with Crippen molar-refractivity contribution in [3.05, 3.63) is 29.6 Å². The average molecular weight is 235 g/mol. The minimum Gasteiger partial charge on any atom is -0.485 e. The predicted molar refractivity (Wildman–Crippen MR) is 48.7 cm³/mol. The summed E-state index contributed by atoms with van der Waals surface area (Å²) in [7, 11) is 0. The van der Waals surface area contributed by atoms with E-state index in [2.05, 4.69) is 5.32 Å². The molecule has 0 radical (unpaired) electrons. The van der Waals surface area contributed by atoms with Crippen LogP contribution in [0.15, 0.2) is 18.2 Å². The Bertz CT molecular complexity index is 387. The van der Waals surface area contributed by atoms with Crippen molar-refractivity contribution >= 4 is 0 Å². The molecule has 1 aromatic rings. The first-order valence-corrected chi connectivity index (χ1v) is 4.71. The molecule has 6 heteroatoms. The zero-order valence-electron chi connectivity index (χ0n) is 8.14. The fraction of sp³-hybridized carbons (Fsp3) is 0.400. The van der Waals surface area contributed by atoms with Crippen LogP contribution in [0.1, 0.15) is 5.56 Å². The Kier molecular flexibility index (Phi) is 2.75. The van der Waals surface area contributed by atoms with Gasteiger partial charge in [0.15, 0.2) is 11.6 Å². The number of alkyl halides is 3. The molecule has 1 aliphatic heterocycles. The van der Waals surface area contributed by atoms with E-state index in [1.807, 2.05) is 0 Å². The fourth-order valence-electron chi connectivity index (χ4n) is 1.35.